The third-order valence-corrected chi connectivity index (χ3v) is 4.60. The molecule has 3 heterocycles. The Morgan fingerprint density at radius 3 is 3.17 bits per heavy atom. The molecule has 1 N–H and O–H groups in total. The Labute approximate surface area is 139 Å². The number of amides is 1. The van der Waals surface area contributed by atoms with Crippen LogP contribution in [0.15, 0.2) is 33.9 Å². The average molecular weight is 333 g/mol. The van der Waals surface area contributed by atoms with Crippen LogP contribution in [-0.2, 0) is 10.5 Å². The largest absolute Gasteiger partial charge is 0.376 e. The number of nitrogens with one attached hydrogen (secondary N) is 1. The van der Waals surface area contributed by atoms with Gasteiger partial charge in [0.1, 0.15) is 10.8 Å². The Bertz CT molecular complexity index is 668. The summed E-state index contributed by atoms with van der Waals surface area (Å²) in [5.41, 5.74) is 1.42. The van der Waals surface area contributed by atoms with E-state index in [2.05, 4.69) is 15.5 Å². The molecule has 0 aliphatic carbocycles. The normalized spacial score (nSPS) is 17.3. The predicted molar refractivity (Wildman–Crippen MR) is 86.3 cm³/mol. The molecule has 23 heavy (non-hydrogen) atoms. The van der Waals surface area contributed by atoms with Crippen LogP contribution in [0, 0.1) is 6.92 Å². The number of thioether (sulfide) groups is 1. The third-order valence-electron chi connectivity index (χ3n) is 3.56. The number of pyridine rings is 1. The maximum absolute atomic E-state index is 12.4. The number of rotatable bonds is 6. The quantitative estimate of drug-likeness (QED) is 0.819. The van der Waals surface area contributed by atoms with Crippen LogP contribution in [0.4, 0.5) is 0 Å². The minimum atomic E-state index is -0.118. The van der Waals surface area contributed by atoms with Gasteiger partial charge in [0.05, 0.1) is 17.4 Å². The predicted octanol–water partition coefficient (Wildman–Crippen LogP) is 2.58. The van der Waals surface area contributed by atoms with Crippen molar-refractivity contribution >= 4 is 17.7 Å². The van der Waals surface area contributed by atoms with Crippen molar-refractivity contribution in [2.45, 2.75) is 36.6 Å². The lowest BCUT2D eigenvalue weighted by molar-refractivity contribution is 0.0855. The molecular formula is C16H19N3O3S. The molecule has 1 aliphatic rings. The van der Waals surface area contributed by atoms with Crippen LogP contribution in [0.3, 0.4) is 0 Å². The van der Waals surface area contributed by atoms with Crippen molar-refractivity contribution in [3.8, 4) is 0 Å². The van der Waals surface area contributed by atoms with E-state index in [9.17, 15) is 4.79 Å². The average Bonchev–Trinajstić information content (AvgIpc) is 3.22. The lowest BCUT2D eigenvalue weighted by Gasteiger charge is -2.12. The molecule has 0 saturated carbocycles. The molecule has 1 aliphatic heterocycles. The molecule has 122 valence electrons. The lowest BCUT2D eigenvalue weighted by atomic mass is 10.2. The molecule has 0 spiro atoms. The number of hydrogen-bond acceptors (Lipinski definition) is 6. The monoisotopic (exact) mass is 333 g/mol. The van der Waals surface area contributed by atoms with E-state index in [1.807, 2.05) is 13.0 Å². The lowest BCUT2D eigenvalue weighted by Crippen LogP contribution is -2.32. The smallest absolute Gasteiger partial charge is 0.254 e. The zero-order chi connectivity index (χ0) is 16.1. The molecule has 7 heteroatoms. The fraction of sp³-hybridized carbons (Fsp3) is 0.438. The van der Waals surface area contributed by atoms with Gasteiger partial charge in [-0.25, -0.2) is 4.98 Å². The molecule has 2 aromatic rings. The Morgan fingerprint density at radius 1 is 1.52 bits per heavy atom. The van der Waals surface area contributed by atoms with E-state index in [4.69, 9.17) is 9.26 Å². The van der Waals surface area contributed by atoms with E-state index in [0.29, 0.717) is 22.9 Å². The van der Waals surface area contributed by atoms with Gasteiger partial charge in [-0.05, 0) is 31.9 Å². The summed E-state index contributed by atoms with van der Waals surface area (Å²) in [6.07, 6.45) is 3.88. The zero-order valence-corrected chi connectivity index (χ0v) is 13.8. The summed E-state index contributed by atoms with van der Waals surface area (Å²) in [4.78, 5) is 16.7. The SMILES string of the molecule is Cc1cc(CSc2ncccc2C(=O)NCC2CCCO2)no1. The fourth-order valence-corrected chi connectivity index (χ4v) is 3.29. The van der Waals surface area contributed by atoms with Gasteiger partial charge >= 0.3 is 0 Å². The van der Waals surface area contributed by atoms with E-state index in [0.717, 1.165) is 30.9 Å². The first-order valence-electron chi connectivity index (χ1n) is 7.62. The third kappa shape index (κ3) is 4.33. The molecule has 1 saturated heterocycles. The van der Waals surface area contributed by atoms with Gasteiger partial charge in [-0.15, -0.1) is 0 Å². The Morgan fingerprint density at radius 2 is 2.43 bits per heavy atom. The van der Waals surface area contributed by atoms with Crippen molar-refractivity contribution in [2.75, 3.05) is 13.2 Å². The van der Waals surface area contributed by atoms with E-state index < -0.39 is 0 Å². The molecule has 0 aromatic carbocycles. The number of aromatic nitrogens is 2. The highest BCUT2D eigenvalue weighted by molar-refractivity contribution is 7.98. The highest BCUT2D eigenvalue weighted by Crippen LogP contribution is 2.24. The van der Waals surface area contributed by atoms with Crippen molar-refractivity contribution in [1.82, 2.24) is 15.5 Å². The highest BCUT2D eigenvalue weighted by Gasteiger charge is 2.18. The topological polar surface area (TPSA) is 77.2 Å². The molecule has 0 radical (unpaired) electrons. The molecule has 2 aromatic heterocycles. The number of ether oxygens (including phenoxy) is 1. The molecule has 1 fully saturated rings. The molecule has 3 rings (SSSR count). The zero-order valence-electron chi connectivity index (χ0n) is 12.9. The van der Waals surface area contributed by atoms with Gasteiger partial charge in [-0.2, -0.15) is 0 Å². The number of aryl methyl sites for hydroxylation is 1. The summed E-state index contributed by atoms with van der Waals surface area (Å²) in [6, 6.07) is 5.44. The van der Waals surface area contributed by atoms with Crippen LogP contribution >= 0.6 is 11.8 Å². The fourth-order valence-electron chi connectivity index (χ4n) is 2.41. The van der Waals surface area contributed by atoms with Gasteiger partial charge in [0.15, 0.2) is 0 Å². The summed E-state index contributed by atoms with van der Waals surface area (Å²) in [7, 11) is 0. The van der Waals surface area contributed by atoms with Gasteiger partial charge in [-0.1, -0.05) is 16.9 Å². The number of carbonyl (C=O) groups excluding carboxylic acids is 1. The van der Waals surface area contributed by atoms with E-state index >= 15 is 0 Å². The van der Waals surface area contributed by atoms with Gasteiger partial charge in [0, 0.05) is 31.2 Å². The number of hydrogen-bond donors (Lipinski definition) is 1. The summed E-state index contributed by atoms with van der Waals surface area (Å²) in [6.45, 7) is 3.18. The molecule has 1 unspecified atom stereocenters. The van der Waals surface area contributed by atoms with Crippen molar-refractivity contribution in [1.29, 1.82) is 0 Å². The number of carbonyl (C=O) groups is 1. The van der Waals surface area contributed by atoms with Gasteiger partial charge in [-0.3, -0.25) is 4.79 Å². The second-order valence-electron chi connectivity index (χ2n) is 5.42. The summed E-state index contributed by atoms with van der Waals surface area (Å²) in [5.74, 6) is 1.27. The maximum Gasteiger partial charge on any atom is 0.254 e. The van der Waals surface area contributed by atoms with Gasteiger partial charge in [0.2, 0.25) is 0 Å². The first kappa shape index (κ1) is 16.0. The molecule has 0 bridgehead atoms. The molecule has 1 atom stereocenters. The first-order valence-corrected chi connectivity index (χ1v) is 8.61. The highest BCUT2D eigenvalue weighted by atomic mass is 32.2. The minimum absolute atomic E-state index is 0.118. The molecular weight excluding hydrogens is 314 g/mol. The minimum Gasteiger partial charge on any atom is -0.376 e. The molecule has 6 nitrogen and oxygen atoms in total. The van der Waals surface area contributed by atoms with E-state index in [-0.39, 0.29) is 12.0 Å². The Kier molecular flexibility index (Phi) is 5.30. The van der Waals surface area contributed by atoms with Crippen molar-refractivity contribution in [3.63, 3.8) is 0 Å². The molecule has 1 amide bonds. The van der Waals surface area contributed by atoms with E-state index in [1.54, 1.807) is 18.3 Å². The van der Waals surface area contributed by atoms with Crippen LogP contribution in [-0.4, -0.2) is 35.3 Å². The van der Waals surface area contributed by atoms with Gasteiger partial charge < -0.3 is 14.6 Å². The summed E-state index contributed by atoms with van der Waals surface area (Å²) in [5, 5.41) is 7.58. The van der Waals surface area contributed by atoms with Crippen LogP contribution < -0.4 is 5.32 Å². The standard InChI is InChI=1S/C16H19N3O3S/c1-11-8-12(19-22-11)10-23-16-14(5-2-6-17-16)15(20)18-9-13-4-3-7-21-13/h2,5-6,8,13H,3-4,7,9-10H2,1H3,(H,18,20). The van der Waals surface area contributed by atoms with Crippen molar-refractivity contribution < 1.29 is 14.1 Å². The number of nitrogens with zero attached hydrogens (tertiary/aromatic N) is 2. The van der Waals surface area contributed by atoms with Crippen LogP contribution in [0.25, 0.3) is 0 Å². The maximum atomic E-state index is 12.4. The van der Waals surface area contributed by atoms with Crippen molar-refractivity contribution in [3.05, 3.63) is 41.4 Å². The van der Waals surface area contributed by atoms with E-state index in [1.165, 1.54) is 11.8 Å². The second kappa shape index (κ2) is 7.61. The van der Waals surface area contributed by atoms with Crippen molar-refractivity contribution in [2.24, 2.45) is 0 Å². The van der Waals surface area contributed by atoms with Crippen LogP contribution in [0.5, 0.6) is 0 Å². The first-order chi connectivity index (χ1) is 11.2. The Hall–Kier alpha value is -1.86. The summed E-state index contributed by atoms with van der Waals surface area (Å²) >= 11 is 1.47. The van der Waals surface area contributed by atoms with Gasteiger partial charge in [0.25, 0.3) is 5.91 Å². The second-order valence-corrected chi connectivity index (χ2v) is 6.38. The van der Waals surface area contributed by atoms with Crippen LogP contribution in [0.2, 0.25) is 0 Å². The Balaban J connectivity index is 1.60. The van der Waals surface area contributed by atoms with Crippen LogP contribution in [0.1, 0.15) is 34.7 Å². The summed E-state index contributed by atoms with van der Waals surface area (Å²) < 4.78 is 10.6.